The molecule has 0 aliphatic heterocycles. The molecule has 0 saturated carbocycles. The highest BCUT2D eigenvalue weighted by molar-refractivity contribution is 4.97. The predicted octanol–water partition coefficient (Wildman–Crippen LogP) is 2.28. The van der Waals surface area contributed by atoms with E-state index < -0.39 is 6.10 Å². The Balaban J connectivity index is 2.20. The molecule has 1 atom stereocenters. The minimum atomic E-state index is -0.434. The fourth-order valence-electron chi connectivity index (χ4n) is 1.74. The highest BCUT2D eigenvalue weighted by Gasteiger charge is 2.12. The molecule has 104 valence electrons. The Morgan fingerprint density at radius 1 is 1.44 bits per heavy atom. The van der Waals surface area contributed by atoms with Gasteiger partial charge in [-0.2, -0.15) is 0 Å². The summed E-state index contributed by atoms with van der Waals surface area (Å²) >= 11 is 0. The Morgan fingerprint density at radius 2 is 2.28 bits per heavy atom. The van der Waals surface area contributed by atoms with Crippen molar-refractivity contribution in [3.8, 4) is 0 Å². The zero-order valence-corrected chi connectivity index (χ0v) is 11.5. The first-order valence-electron chi connectivity index (χ1n) is 6.76. The minimum Gasteiger partial charge on any atom is -0.468 e. The van der Waals surface area contributed by atoms with Crippen molar-refractivity contribution in [2.45, 2.75) is 39.3 Å². The molecule has 0 saturated heterocycles. The molecule has 0 aliphatic rings. The number of rotatable bonds is 10. The minimum absolute atomic E-state index is 0.411. The summed E-state index contributed by atoms with van der Waals surface area (Å²) in [4.78, 5) is 2.15. The molecule has 0 aromatic carbocycles. The van der Waals surface area contributed by atoms with Crippen molar-refractivity contribution in [3.05, 3.63) is 24.2 Å². The van der Waals surface area contributed by atoms with E-state index in [0.717, 1.165) is 38.3 Å². The van der Waals surface area contributed by atoms with E-state index in [2.05, 4.69) is 18.7 Å². The molecule has 0 radical (unpaired) electrons. The van der Waals surface area contributed by atoms with Crippen molar-refractivity contribution in [1.29, 1.82) is 0 Å². The van der Waals surface area contributed by atoms with Crippen LogP contribution < -0.4 is 0 Å². The zero-order valence-electron chi connectivity index (χ0n) is 11.5. The lowest BCUT2D eigenvalue weighted by molar-refractivity contribution is 0.0143. The highest BCUT2D eigenvalue weighted by Crippen LogP contribution is 2.06. The number of hydrogen-bond acceptors (Lipinski definition) is 4. The normalized spacial score (nSPS) is 13.1. The number of nitrogens with zero attached hydrogens (tertiary/aromatic N) is 1. The van der Waals surface area contributed by atoms with Gasteiger partial charge in [0.05, 0.1) is 25.5 Å². The van der Waals surface area contributed by atoms with Crippen LogP contribution in [0.5, 0.6) is 0 Å². The van der Waals surface area contributed by atoms with Crippen molar-refractivity contribution >= 4 is 0 Å². The van der Waals surface area contributed by atoms with Gasteiger partial charge in [0.1, 0.15) is 5.76 Å². The second-order valence-corrected chi connectivity index (χ2v) is 4.49. The Bertz CT molecular complexity index is 287. The van der Waals surface area contributed by atoms with E-state index in [0.29, 0.717) is 13.2 Å². The standard InChI is InChI=1S/C14H25NO3/c1-3-5-8-17-12-13(16)10-15(4-2)11-14-7-6-9-18-14/h6-7,9,13,16H,3-5,8,10-12H2,1-2H3. The fraction of sp³-hybridized carbons (Fsp3) is 0.714. The molecule has 4 nitrogen and oxygen atoms in total. The van der Waals surface area contributed by atoms with Crippen molar-refractivity contribution < 1.29 is 14.3 Å². The summed E-state index contributed by atoms with van der Waals surface area (Å²) in [5, 5.41) is 9.88. The summed E-state index contributed by atoms with van der Waals surface area (Å²) in [5.74, 6) is 0.927. The summed E-state index contributed by atoms with van der Waals surface area (Å²) in [6, 6.07) is 3.83. The van der Waals surface area contributed by atoms with Gasteiger partial charge in [0.2, 0.25) is 0 Å². The van der Waals surface area contributed by atoms with Gasteiger partial charge < -0.3 is 14.3 Å². The molecule has 4 heteroatoms. The van der Waals surface area contributed by atoms with Gasteiger partial charge in [0, 0.05) is 13.2 Å². The topological polar surface area (TPSA) is 45.8 Å². The van der Waals surface area contributed by atoms with E-state index in [1.807, 2.05) is 12.1 Å². The lowest BCUT2D eigenvalue weighted by Gasteiger charge is -2.22. The quantitative estimate of drug-likeness (QED) is 0.652. The van der Waals surface area contributed by atoms with Crippen LogP contribution in [0.1, 0.15) is 32.4 Å². The molecule has 1 heterocycles. The summed E-state index contributed by atoms with van der Waals surface area (Å²) in [5.41, 5.74) is 0. The van der Waals surface area contributed by atoms with Crippen molar-refractivity contribution in [1.82, 2.24) is 4.90 Å². The Labute approximate surface area is 110 Å². The molecular weight excluding hydrogens is 230 g/mol. The van der Waals surface area contributed by atoms with Crippen LogP contribution in [-0.2, 0) is 11.3 Å². The molecule has 1 aromatic heterocycles. The predicted molar refractivity (Wildman–Crippen MR) is 71.4 cm³/mol. The van der Waals surface area contributed by atoms with Gasteiger partial charge in [-0.3, -0.25) is 4.90 Å². The lowest BCUT2D eigenvalue weighted by Crippen LogP contribution is -2.34. The second kappa shape index (κ2) is 9.14. The number of ether oxygens (including phenoxy) is 1. The van der Waals surface area contributed by atoms with Gasteiger partial charge in [-0.15, -0.1) is 0 Å². The van der Waals surface area contributed by atoms with E-state index >= 15 is 0 Å². The van der Waals surface area contributed by atoms with Gasteiger partial charge in [-0.25, -0.2) is 0 Å². The number of aliphatic hydroxyl groups excluding tert-OH is 1. The first-order chi connectivity index (χ1) is 8.76. The molecule has 0 bridgehead atoms. The van der Waals surface area contributed by atoms with Crippen LogP contribution in [-0.4, -0.2) is 42.4 Å². The first-order valence-corrected chi connectivity index (χ1v) is 6.76. The first kappa shape index (κ1) is 15.2. The SMILES string of the molecule is CCCCOCC(O)CN(CC)Cc1ccco1. The zero-order chi connectivity index (χ0) is 13.2. The van der Waals surface area contributed by atoms with Crippen LogP contribution in [0, 0.1) is 0 Å². The fourth-order valence-corrected chi connectivity index (χ4v) is 1.74. The van der Waals surface area contributed by atoms with E-state index in [-0.39, 0.29) is 0 Å². The van der Waals surface area contributed by atoms with Crippen LogP contribution in [0.25, 0.3) is 0 Å². The van der Waals surface area contributed by atoms with Crippen molar-refractivity contribution in [2.75, 3.05) is 26.3 Å². The third-order valence-electron chi connectivity index (χ3n) is 2.83. The summed E-state index contributed by atoms with van der Waals surface area (Å²) in [6.07, 6.45) is 3.41. The average Bonchev–Trinajstić information content (AvgIpc) is 2.86. The Kier molecular flexibility index (Phi) is 7.73. The second-order valence-electron chi connectivity index (χ2n) is 4.49. The number of aliphatic hydroxyl groups is 1. The van der Waals surface area contributed by atoms with Crippen LogP contribution in [0.3, 0.4) is 0 Å². The van der Waals surface area contributed by atoms with Crippen LogP contribution in [0.4, 0.5) is 0 Å². The maximum Gasteiger partial charge on any atom is 0.117 e. The Hall–Kier alpha value is -0.840. The van der Waals surface area contributed by atoms with Crippen LogP contribution in [0.15, 0.2) is 22.8 Å². The number of furan rings is 1. The number of unbranched alkanes of at least 4 members (excludes halogenated alkanes) is 1. The third-order valence-corrected chi connectivity index (χ3v) is 2.83. The van der Waals surface area contributed by atoms with Crippen LogP contribution >= 0.6 is 0 Å². The van der Waals surface area contributed by atoms with E-state index in [1.54, 1.807) is 6.26 Å². The molecule has 0 aliphatic carbocycles. The third kappa shape index (κ3) is 6.19. The Morgan fingerprint density at radius 3 is 2.89 bits per heavy atom. The molecule has 0 spiro atoms. The van der Waals surface area contributed by atoms with Crippen molar-refractivity contribution in [3.63, 3.8) is 0 Å². The van der Waals surface area contributed by atoms with Crippen molar-refractivity contribution in [2.24, 2.45) is 0 Å². The lowest BCUT2D eigenvalue weighted by atomic mass is 10.3. The summed E-state index contributed by atoms with van der Waals surface area (Å²) in [6.45, 7) is 7.58. The van der Waals surface area contributed by atoms with Gasteiger partial charge in [0.25, 0.3) is 0 Å². The molecular formula is C14H25NO3. The molecule has 0 amide bonds. The molecule has 1 aromatic rings. The summed E-state index contributed by atoms with van der Waals surface area (Å²) < 4.78 is 10.7. The largest absolute Gasteiger partial charge is 0.468 e. The molecule has 0 fully saturated rings. The molecule has 1 rings (SSSR count). The molecule has 1 unspecified atom stereocenters. The van der Waals surface area contributed by atoms with E-state index in [4.69, 9.17) is 9.15 Å². The van der Waals surface area contributed by atoms with Gasteiger partial charge >= 0.3 is 0 Å². The smallest absolute Gasteiger partial charge is 0.117 e. The maximum absolute atomic E-state index is 9.88. The molecule has 1 N–H and O–H groups in total. The van der Waals surface area contributed by atoms with Gasteiger partial charge in [-0.1, -0.05) is 20.3 Å². The van der Waals surface area contributed by atoms with E-state index in [9.17, 15) is 5.11 Å². The highest BCUT2D eigenvalue weighted by atomic mass is 16.5. The van der Waals surface area contributed by atoms with Gasteiger partial charge in [-0.05, 0) is 25.1 Å². The van der Waals surface area contributed by atoms with E-state index in [1.165, 1.54) is 0 Å². The van der Waals surface area contributed by atoms with Crippen LogP contribution in [0.2, 0.25) is 0 Å². The monoisotopic (exact) mass is 255 g/mol. The number of likely N-dealkylation sites (N-methyl/N-ethyl adjacent to an activating group) is 1. The molecule has 18 heavy (non-hydrogen) atoms. The van der Waals surface area contributed by atoms with Gasteiger partial charge in [0.15, 0.2) is 0 Å². The number of hydrogen-bond donors (Lipinski definition) is 1. The maximum atomic E-state index is 9.88. The summed E-state index contributed by atoms with van der Waals surface area (Å²) in [7, 11) is 0. The average molecular weight is 255 g/mol.